The number of rotatable bonds is 1. The molecule has 0 heterocycles. The normalized spacial score (nSPS) is 27.4. The van der Waals surface area contributed by atoms with E-state index in [9.17, 15) is 0 Å². The monoisotopic (exact) mass is 139 g/mol. The first-order valence-electron chi connectivity index (χ1n) is 4.28. The second kappa shape index (κ2) is 3.77. The smallest absolute Gasteiger partial charge is 0.0226 e. The molecule has 58 valence electrons. The van der Waals surface area contributed by atoms with Crippen molar-refractivity contribution in [2.45, 2.75) is 45.1 Å². The highest BCUT2D eigenvalue weighted by molar-refractivity contribution is 5.07. The average molecular weight is 139 g/mol. The molecule has 0 bridgehead atoms. The molecular formula is C9H17N. The Labute approximate surface area is 63.3 Å². The van der Waals surface area contributed by atoms with Crippen LogP contribution in [0, 0.1) is 0 Å². The maximum Gasteiger partial charge on any atom is 0.0226 e. The molecule has 0 saturated carbocycles. The summed E-state index contributed by atoms with van der Waals surface area (Å²) in [6.07, 6.45) is 8.56. The minimum absolute atomic E-state index is 0.345. The van der Waals surface area contributed by atoms with Gasteiger partial charge < -0.3 is 5.73 Å². The van der Waals surface area contributed by atoms with Gasteiger partial charge >= 0.3 is 0 Å². The first-order valence-corrected chi connectivity index (χ1v) is 4.28. The summed E-state index contributed by atoms with van der Waals surface area (Å²) in [6.45, 7) is 2.21. The minimum atomic E-state index is 0.345. The molecule has 0 aromatic carbocycles. The third-order valence-electron chi connectivity index (χ3n) is 2.19. The Morgan fingerprint density at radius 2 is 2.40 bits per heavy atom. The van der Waals surface area contributed by atoms with Crippen molar-refractivity contribution in [3.8, 4) is 0 Å². The highest BCUT2D eigenvalue weighted by Crippen LogP contribution is 2.18. The number of allylic oxidation sites excluding steroid dienone is 1. The Bertz CT molecular complexity index is 127. The van der Waals surface area contributed by atoms with Crippen molar-refractivity contribution in [2.24, 2.45) is 5.73 Å². The van der Waals surface area contributed by atoms with Crippen LogP contribution >= 0.6 is 0 Å². The fourth-order valence-electron chi connectivity index (χ4n) is 1.50. The zero-order valence-corrected chi connectivity index (χ0v) is 6.77. The van der Waals surface area contributed by atoms with Crippen molar-refractivity contribution in [1.82, 2.24) is 0 Å². The van der Waals surface area contributed by atoms with E-state index >= 15 is 0 Å². The number of hydrogen-bond acceptors (Lipinski definition) is 1. The van der Waals surface area contributed by atoms with E-state index in [4.69, 9.17) is 5.73 Å². The van der Waals surface area contributed by atoms with E-state index in [0.717, 1.165) is 0 Å². The Balaban J connectivity index is 2.50. The van der Waals surface area contributed by atoms with Gasteiger partial charge in [-0.05, 0) is 25.7 Å². The Morgan fingerprint density at radius 1 is 1.60 bits per heavy atom. The van der Waals surface area contributed by atoms with E-state index in [2.05, 4.69) is 13.0 Å². The zero-order chi connectivity index (χ0) is 7.40. The molecule has 1 aliphatic carbocycles. The summed E-state index contributed by atoms with van der Waals surface area (Å²) < 4.78 is 0. The predicted octanol–water partition coefficient (Wildman–Crippen LogP) is 2.22. The van der Waals surface area contributed by atoms with Crippen LogP contribution in [-0.2, 0) is 0 Å². The lowest BCUT2D eigenvalue weighted by Gasteiger charge is -2.02. The standard InChI is InChI=1S/C9H17N/c1-2-8-5-3-4-6-9(10)7-8/h7,9H,2-6,10H2,1H3. The van der Waals surface area contributed by atoms with Crippen LogP contribution in [0.1, 0.15) is 39.0 Å². The van der Waals surface area contributed by atoms with Crippen molar-refractivity contribution in [3.05, 3.63) is 11.6 Å². The molecule has 0 aromatic rings. The lowest BCUT2D eigenvalue weighted by molar-refractivity contribution is 0.654. The summed E-state index contributed by atoms with van der Waals surface area (Å²) in [6, 6.07) is 0.345. The van der Waals surface area contributed by atoms with Crippen molar-refractivity contribution in [1.29, 1.82) is 0 Å². The molecule has 1 aliphatic rings. The molecule has 0 fully saturated rings. The van der Waals surface area contributed by atoms with Crippen LogP contribution in [0.2, 0.25) is 0 Å². The predicted molar refractivity (Wildman–Crippen MR) is 44.8 cm³/mol. The van der Waals surface area contributed by atoms with Gasteiger partial charge in [-0.2, -0.15) is 0 Å². The lowest BCUT2D eigenvalue weighted by Crippen LogP contribution is -2.15. The SMILES string of the molecule is CCC1=CC(N)CCCC1. The van der Waals surface area contributed by atoms with Gasteiger partial charge in [-0.25, -0.2) is 0 Å². The molecule has 1 rings (SSSR count). The summed E-state index contributed by atoms with van der Waals surface area (Å²) in [7, 11) is 0. The molecule has 1 unspecified atom stereocenters. The van der Waals surface area contributed by atoms with E-state index < -0.39 is 0 Å². The summed E-state index contributed by atoms with van der Waals surface area (Å²) in [4.78, 5) is 0. The average Bonchev–Trinajstić information content (AvgIpc) is 2.13. The van der Waals surface area contributed by atoms with Crippen LogP contribution in [0.3, 0.4) is 0 Å². The number of hydrogen-bond donors (Lipinski definition) is 1. The minimum Gasteiger partial charge on any atom is -0.324 e. The third-order valence-corrected chi connectivity index (χ3v) is 2.19. The molecule has 10 heavy (non-hydrogen) atoms. The van der Waals surface area contributed by atoms with E-state index in [0.29, 0.717) is 6.04 Å². The fourth-order valence-corrected chi connectivity index (χ4v) is 1.50. The molecule has 1 atom stereocenters. The van der Waals surface area contributed by atoms with E-state index in [1.165, 1.54) is 32.1 Å². The van der Waals surface area contributed by atoms with Crippen molar-refractivity contribution < 1.29 is 0 Å². The summed E-state index contributed by atoms with van der Waals surface area (Å²) in [5.74, 6) is 0. The molecule has 0 aromatic heterocycles. The molecular weight excluding hydrogens is 122 g/mol. The van der Waals surface area contributed by atoms with Gasteiger partial charge in [-0.1, -0.05) is 25.0 Å². The summed E-state index contributed by atoms with van der Waals surface area (Å²) in [5, 5.41) is 0. The van der Waals surface area contributed by atoms with Crippen molar-refractivity contribution in [2.75, 3.05) is 0 Å². The van der Waals surface area contributed by atoms with Crippen LogP contribution in [0.15, 0.2) is 11.6 Å². The summed E-state index contributed by atoms with van der Waals surface area (Å²) >= 11 is 0. The van der Waals surface area contributed by atoms with Crippen molar-refractivity contribution in [3.63, 3.8) is 0 Å². The highest BCUT2D eigenvalue weighted by atomic mass is 14.6. The molecule has 0 spiro atoms. The third kappa shape index (κ3) is 2.14. The van der Waals surface area contributed by atoms with E-state index in [1.807, 2.05) is 0 Å². The molecule has 0 amide bonds. The molecule has 0 radical (unpaired) electrons. The Hall–Kier alpha value is -0.300. The maximum absolute atomic E-state index is 5.82. The van der Waals surface area contributed by atoms with Gasteiger partial charge in [0.05, 0.1) is 0 Å². The molecule has 0 aliphatic heterocycles. The van der Waals surface area contributed by atoms with Crippen LogP contribution < -0.4 is 5.73 Å². The van der Waals surface area contributed by atoms with Gasteiger partial charge in [0, 0.05) is 6.04 Å². The molecule has 0 saturated heterocycles. The van der Waals surface area contributed by atoms with Crippen LogP contribution in [0.5, 0.6) is 0 Å². The fraction of sp³-hybridized carbons (Fsp3) is 0.778. The first kappa shape index (κ1) is 7.80. The highest BCUT2D eigenvalue weighted by Gasteiger charge is 2.05. The first-order chi connectivity index (χ1) is 4.83. The van der Waals surface area contributed by atoms with Gasteiger partial charge in [0.1, 0.15) is 0 Å². The lowest BCUT2D eigenvalue weighted by atomic mass is 10.1. The summed E-state index contributed by atoms with van der Waals surface area (Å²) in [5.41, 5.74) is 7.38. The second-order valence-electron chi connectivity index (χ2n) is 3.09. The number of nitrogens with two attached hydrogens (primary N) is 1. The Kier molecular flexibility index (Phi) is 2.94. The van der Waals surface area contributed by atoms with Crippen LogP contribution in [0.25, 0.3) is 0 Å². The van der Waals surface area contributed by atoms with Gasteiger partial charge in [0.15, 0.2) is 0 Å². The van der Waals surface area contributed by atoms with Gasteiger partial charge in [0.25, 0.3) is 0 Å². The topological polar surface area (TPSA) is 26.0 Å². The zero-order valence-electron chi connectivity index (χ0n) is 6.77. The van der Waals surface area contributed by atoms with Crippen LogP contribution in [0.4, 0.5) is 0 Å². The van der Waals surface area contributed by atoms with E-state index in [-0.39, 0.29) is 0 Å². The van der Waals surface area contributed by atoms with Gasteiger partial charge in [0.2, 0.25) is 0 Å². The largest absolute Gasteiger partial charge is 0.324 e. The molecule has 1 nitrogen and oxygen atoms in total. The Morgan fingerprint density at radius 3 is 3.10 bits per heavy atom. The maximum atomic E-state index is 5.82. The van der Waals surface area contributed by atoms with E-state index in [1.54, 1.807) is 5.57 Å². The quantitative estimate of drug-likeness (QED) is 0.554. The second-order valence-corrected chi connectivity index (χ2v) is 3.09. The molecule has 2 N–H and O–H groups in total. The van der Waals surface area contributed by atoms with Gasteiger partial charge in [-0.3, -0.25) is 0 Å². The molecule has 1 heteroatoms. The van der Waals surface area contributed by atoms with Crippen molar-refractivity contribution >= 4 is 0 Å². The van der Waals surface area contributed by atoms with Crippen LogP contribution in [-0.4, -0.2) is 6.04 Å². The van der Waals surface area contributed by atoms with Gasteiger partial charge in [-0.15, -0.1) is 0 Å².